The molecule has 102 heavy (non-hydrogen) atoms. The maximum absolute atomic E-state index is 6.55. The van der Waals surface area contributed by atoms with Gasteiger partial charge in [0.15, 0.2) is 5.58 Å². The molecule has 16 aromatic carbocycles. The van der Waals surface area contributed by atoms with E-state index in [1.807, 2.05) is 18.2 Å². The van der Waals surface area contributed by atoms with E-state index in [1.165, 1.54) is 121 Å². The molecule has 0 radical (unpaired) electrons. The van der Waals surface area contributed by atoms with Gasteiger partial charge in [-0.1, -0.05) is 243 Å². The van der Waals surface area contributed by atoms with Gasteiger partial charge in [0.25, 0.3) is 0 Å². The Labute approximate surface area is 585 Å². The van der Waals surface area contributed by atoms with Crippen LogP contribution in [0.25, 0.3) is 198 Å². The van der Waals surface area contributed by atoms with Crippen LogP contribution in [0.1, 0.15) is 0 Å². The van der Waals surface area contributed by atoms with E-state index in [4.69, 9.17) is 8.83 Å². The van der Waals surface area contributed by atoms with E-state index in [-0.39, 0.29) is 0 Å². The van der Waals surface area contributed by atoms with Crippen molar-refractivity contribution in [2.45, 2.75) is 0 Å². The second-order valence-corrected chi connectivity index (χ2v) is 26.7. The molecule has 0 aliphatic heterocycles. The second kappa shape index (κ2) is 23.0. The normalized spacial score (nSPS) is 11.9. The highest BCUT2D eigenvalue weighted by molar-refractivity contribution is 6.16. The Bertz CT molecular complexity index is 7100. The summed E-state index contributed by atoms with van der Waals surface area (Å²) in [5.41, 5.74) is 27.1. The number of benzene rings is 16. The van der Waals surface area contributed by atoms with Crippen molar-refractivity contribution in [3.63, 3.8) is 0 Å². The third-order valence-corrected chi connectivity index (χ3v) is 21.1. The summed E-state index contributed by atoms with van der Waals surface area (Å²) in [5, 5.41) is 14.4. The summed E-state index contributed by atoms with van der Waals surface area (Å²) < 4.78 is 22.4. The number of rotatable bonds is 8. The number of fused-ring (bicyclic) bond motifs is 18. The molecule has 0 atom stereocenters. The first kappa shape index (κ1) is 57.4. The molecule has 0 bridgehead atoms. The highest BCUT2D eigenvalue weighted by Crippen LogP contribution is 2.44. The van der Waals surface area contributed by atoms with Crippen LogP contribution in [0.4, 0.5) is 0 Å². The quantitative estimate of drug-likeness (QED) is 0.152. The van der Waals surface area contributed by atoms with Crippen molar-refractivity contribution in [1.82, 2.24) is 18.3 Å². The van der Waals surface area contributed by atoms with Crippen molar-refractivity contribution in [3.05, 3.63) is 364 Å². The van der Waals surface area contributed by atoms with Gasteiger partial charge in [-0.25, -0.2) is 0 Å². The van der Waals surface area contributed by atoms with Crippen molar-refractivity contribution in [2.24, 2.45) is 0 Å². The zero-order valence-corrected chi connectivity index (χ0v) is 55.2. The fourth-order valence-corrected chi connectivity index (χ4v) is 16.3. The third-order valence-electron chi connectivity index (χ3n) is 21.1. The first-order valence-electron chi connectivity index (χ1n) is 34.9. The van der Waals surface area contributed by atoms with Crippen molar-refractivity contribution in [1.29, 1.82) is 0 Å². The van der Waals surface area contributed by atoms with Gasteiger partial charge in [-0.2, -0.15) is 0 Å². The molecular weight excluding hydrogens is 1240 g/mol. The molecule has 22 rings (SSSR count). The molecule has 476 valence electrons. The van der Waals surface area contributed by atoms with Crippen LogP contribution in [0.3, 0.4) is 0 Å². The van der Waals surface area contributed by atoms with Crippen molar-refractivity contribution in [3.8, 4) is 67.3 Å². The molecule has 0 fully saturated rings. The minimum Gasteiger partial charge on any atom is -0.456 e. The lowest BCUT2D eigenvalue weighted by molar-refractivity contribution is 0.666. The fraction of sp³-hybridized carbons (Fsp3) is 0. The Balaban J connectivity index is 0.000000133. The van der Waals surface area contributed by atoms with Crippen LogP contribution in [0.15, 0.2) is 373 Å². The summed E-state index contributed by atoms with van der Waals surface area (Å²) in [6, 6.07) is 131. The van der Waals surface area contributed by atoms with Crippen LogP contribution in [-0.4, -0.2) is 18.3 Å². The molecule has 0 amide bonds. The predicted octanol–water partition coefficient (Wildman–Crippen LogP) is 26.2. The van der Waals surface area contributed by atoms with Gasteiger partial charge in [0, 0.05) is 87.8 Å². The van der Waals surface area contributed by atoms with Gasteiger partial charge < -0.3 is 27.1 Å². The zero-order chi connectivity index (χ0) is 66.9. The van der Waals surface area contributed by atoms with E-state index in [1.54, 1.807) is 0 Å². The summed E-state index contributed by atoms with van der Waals surface area (Å²) in [7, 11) is 0. The molecular formula is C96H60N4O2. The Morgan fingerprint density at radius 3 is 1.00 bits per heavy atom. The fourth-order valence-electron chi connectivity index (χ4n) is 16.3. The van der Waals surface area contributed by atoms with E-state index >= 15 is 0 Å². The molecule has 0 aliphatic rings. The molecule has 0 aliphatic carbocycles. The topological polar surface area (TPSA) is 46.0 Å². The van der Waals surface area contributed by atoms with E-state index in [9.17, 15) is 0 Å². The SMILES string of the molecule is c1ccc(-c2ccc(-n3c4ccccc4c4cc(-c5ccc6c7ccccc7n(-c7ccc8c(c7)oc7ccccc78)c6c5)ccc43)cc2)cc1.c1ccc(-c2ccc(-n3c4ccccc4c4cc(-c5ccc6c7ccccc7n(-c7cccc8c7oc7ccccc78)c6c5)ccc43)cc2)cc1. The molecule has 0 saturated heterocycles. The number of aromatic nitrogens is 4. The first-order valence-corrected chi connectivity index (χ1v) is 34.9. The van der Waals surface area contributed by atoms with Gasteiger partial charge >= 0.3 is 0 Å². The summed E-state index contributed by atoms with van der Waals surface area (Å²) >= 11 is 0. The van der Waals surface area contributed by atoms with Crippen LogP contribution in [0, 0.1) is 0 Å². The molecule has 0 unspecified atom stereocenters. The van der Waals surface area contributed by atoms with E-state index in [0.29, 0.717) is 0 Å². The molecule has 6 heterocycles. The van der Waals surface area contributed by atoms with Crippen molar-refractivity contribution < 1.29 is 8.83 Å². The molecule has 0 spiro atoms. The Hall–Kier alpha value is -13.7. The lowest BCUT2D eigenvalue weighted by Crippen LogP contribution is -1.94. The molecule has 22 aromatic rings. The zero-order valence-electron chi connectivity index (χ0n) is 55.2. The van der Waals surface area contributed by atoms with Gasteiger partial charge in [-0.05, 0) is 160 Å². The maximum atomic E-state index is 6.55. The first-order chi connectivity index (χ1) is 50.6. The summed E-state index contributed by atoms with van der Waals surface area (Å²) in [4.78, 5) is 0. The number of furan rings is 2. The van der Waals surface area contributed by atoms with Crippen LogP contribution in [0.2, 0.25) is 0 Å². The van der Waals surface area contributed by atoms with Gasteiger partial charge in [0.2, 0.25) is 0 Å². The predicted molar refractivity (Wildman–Crippen MR) is 427 cm³/mol. The summed E-state index contributed by atoms with van der Waals surface area (Å²) in [5.74, 6) is 0. The summed E-state index contributed by atoms with van der Waals surface area (Å²) in [6.45, 7) is 0. The lowest BCUT2D eigenvalue weighted by Gasteiger charge is -2.11. The van der Waals surface area contributed by atoms with Gasteiger partial charge in [-0.15, -0.1) is 0 Å². The van der Waals surface area contributed by atoms with Gasteiger partial charge in [0.1, 0.15) is 16.7 Å². The Morgan fingerprint density at radius 2 is 0.480 bits per heavy atom. The molecule has 6 nitrogen and oxygen atoms in total. The highest BCUT2D eigenvalue weighted by atomic mass is 16.3. The average molecular weight is 1300 g/mol. The van der Waals surface area contributed by atoms with Crippen LogP contribution >= 0.6 is 0 Å². The smallest absolute Gasteiger partial charge is 0.159 e. The molecule has 6 heteroatoms. The average Bonchev–Trinajstić information content (AvgIpc) is 1.59. The minimum atomic E-state index is 0.896. The Morgan fingerprint density at radius 1 is 0.157 bits per heavy atom. The minimum absolute atomic E-state index is 0.896. The van der Waals surface area contributed by atoms with E-state index in [2.05, 4.69) is 364 Å². The monoisotopic (exact) mass is 1300 g/mol. The number of hydrogen-bond acceptors (Lipinski definition) is 2. The van der Waals surface area contributed by atoms with E-state index < -0.39 is 0 Å². The van der Waals surface area contributed by atoms with Gasteiger partial charge in [-0.3, -0.25) is 0 Å². The van der Waals surface area contributed by atoms with E-state index in [0.717, 1.165) is 77.7 Å². The van der Waals surface area contributed by atoms with Crippen molar-refractivity contribution >= 4 is 131 Å². The third kappa shape index (κ3) is 9.06. The number of hydrogen-bond donors (Lipinski definition) is 0. The van der Waals surface area contributed by atoms with Crippen LogP contribution in [0.5, 0.6) is 0 Å². The second-order valence-electron chi connectivity index (χ2n) is 26.7. The summed E-state index contributed by atoms with van der Waals surface area (Å²) in [6.07, 6.45) is 0. The largest absolute Gasteiger partial charge is 0.456 e. The molecule has 0 saturated carbocycles. The number of para-hydroxylation sites is 7. The standard InChI is InChI=1S/2C48H30N2O/c1-2-11-31(12-3-1)32-21-25-35(26-22-32)49-42-17-7-5-14-37(42)41-29-33(24-28-44(41)49)34-23-27-38-36-13-4-8-18-43(36)50(46(38)30-34)45-19-10-16-40-39-15-6-9-20-47(39)51-48(40)45;1-2-10-31(11-3-1)32-18-22-35(23-19-32)49-44-16-8-5-13-38(44)42-28-33(21-27-45(42)49)34-20-25-39-37-12-4-7-15-43(37)50(46(39)29-34)36-24-26-41-40-14-6-9-17-47(40)51-48(41)30-36/h2*1-30H. The van der Waals surface area contributed by atoms with Gasteiger partial charge in [0.05, 0.1) is 49.8 Å². The van der Waals surface area contributed by atoms with Crippen molar-refractivity contribution in [2.75, 3.05) is 0 Å². The van der Waals surface area contributed by atoms with Crippen LogP contribution < -0.4 is 0 Å². The van der Waals surface area contributed by atoms with Crippen LogP contribution in [-0.2, 0) is 0 Å². The maximum Gasteiger partial charge on any atom is 0.159 e. The molecule has 6 aromatic heterocycles. The highest BCUT2D eigenvalue weighted by Gasteiger charge is 2.22. The lowest BCUT2D eigenvalue weighted by atomic mass is 10.0. The number of nitrogens with zero attached hydrogens (tertiary/aromatic N) is 4. The molecule has 0 N–H and O–H groups in total. The Kier molecular flexibility index (Phi) is 12.9.